The average Bonchev–Trinajstić information content (AvgIpc) is 2.34. The molecular formula is C10H14BrN3O4. The van der Waals surface area contributed by atoms with Gasteiger partial charge in [-0.15, -0.1) is 0 Å². The van der Waals surface area contributed by atoms with Crippen molar-refractivity contribution >= 4 is 27.3 Å². The van der Waals surface area contributed by atoms with Crippen LogP contribution in [0.15, 0.2) is 16.9 Å². The van der Waals surface area contributed by atoms with Gasteiger partial charge in [-0.05, 0) is 15.9 Å². The maximum atomic E-state index is 11.0. The summed E-state index contributed by atoms with van der Waals surface area (Å²) in [6.45, 7) is 1.04. The van der Waals surface area contributed by atoms with E-state index in [2.05, 4.69) is 20.9 Å². The molecule has 0 aliphatic heterocycles. The molecule has 0 fully saturated rings. The Hall–Kier alpha value is -1.25. The Morgan fingerprint density at radius 2 is 2.28 bits per heavy atom. The maximum absolute atomic E-state index is 11.0. The van der Waals surface area contributed by atoms with E-state index in [-0.39, 0.29) is 18.8 Å². The third kappa shape index (κ3) is 3.62. The van der Waals surface area contributed by atoms with Crippen molar-refractivity contribution in [3.8, 4) is 0 Å². The topological polar surface area (TPSA) is 88.7 Å². The molecule has 0 radical (unpaired) electrons. The minimum Gasteiger partial charge on any atom is -0.395 e. The molecule has 0 aromatic carbocycles. The molecule has 0 atom stereocenters. The van der Waals surface area contributed by atoms with Crippen LogP contribution in [0.4, 0.5) is 11.4 Å². The molecular weight excluding hydrogens is 306 g/mol. The molecule has 1 aromatic heterocycles. The zero-order valence-corrected chi connectivity index (χ0v) is 11.5. The summed E-state index contributed by atoms with van der Waals surface area (Å²) < 4.78 is 5.47. The van der Waals surface area contributed by atoms with Crippen LogP contribution >= 0.6 is 15.9 Å². The fraction of sp³-hybridized carbons (Fsp3) is 0.500. The monoisotopic (exact) mass is 319 g/mol. The number of hydrogen-bond acceptors (Lipinski definition) is 6. The van der Waals surface area contributed by atoms with Crippen LogP contribution in [0.3, 0.4) is 0 Å². The lowest BCUT2D eigenvalue weighted by molar-refractivity contribution is -0.384. The number of methoxy groups -OCH3 is 1. The number of nitro groups is 1. The standard InChI is InChI=1S/C10H14BrN3O4/c1-18-5-3-13(2-4-15)10-8(11)6-12-7-9(10)14(16)17/h6-7,15H,2-5H2,1H3. The number of anilines is 1. The van der Waals surface area contributed by atoms with Crippen LogP contribution < -0.4 is 4.90 Å². The Kier molecular flexibility index (Phi) is 5.96. The molecule has 0 unspecified atom stereocenters. The van der Waals surface area contributed by atoms with E-state index >= 15 is 0 Å². The molecule has 7 nitrogen and oxygen atoms in total. The highest BCUT2D eigenvalue weighted by atomic mass is 79.9. The lowest BCUT2D eigenvalue weighted by Gasteiger charge is -2.24. The summed E-state index contributed by atoms with van der Waals surface area (Å²) in [6, 6.07) is 0. The molecule has 0 aliphatic carbocycles. The van der Waals surface area contributed by atoms with E-state index in [1.807, 2.05) is 0 Å². The lowest BCUT2D eigenvalue weighted by atomic mass is 10.3. The number of pyridine rings is 1. The summed E-state index contributed by atoms with van der Waals surface area (Å²) in [5.74, 6) is 0. The number of aliphatic hydroxyl groups excluding tert-OH is 1. The van der Waals surface area contributed by atoms with Crippen LogP contribution in [-0.2, 0) is 4.74 Å². The van der Waals surface area contributed by atoms with Gasteiger partial charge in [0, 0.05) is 26.4 Å². The molecule has 0 amide bonds. The van der Waals surface area contributed by atoms with Crippen molar-refractivity contribution in [2.75, 3.05) is 38.3 Å². The predicted molar refractivity (Wildman–Crippen MR) is 69.8 cm³/mol. The molecule has 1 rings (SSSR count). The molecule has 18 heavy (non-hydrogen) atoms. The second-order valence-electron chi connectivity index (χ2n) is 3.45. The van der Waals surface area contributed by atoms with Gasteiger partial charge in [0.05, 0.1) is 22.6 Å². The lowest BCUT2D eigenvalue weighted by Crippen LogP contribution is -2.31. The molecule has 0 saturated heterocycles. The average molecular weight is 320 g/mol. The van der Waals surface area contributed by atoms with E-state index in [0.29, 0.717) is 23.3 Å². The number of ether oxygens (including phenoxy) is 1. The van der Waals surface area contributed by atoms with Crippen molar-refractivity contribution in [3.05, 3.63) is 27.0 Å². The smallest absolute Gasteiger partial charge is 0.311 e. The summed E-state index contributed by atoms with van der Waals surface area (Å²) in [6.07, 6.45) is 2.68. The number of aliphatic hydroxyl groups is 1. The van der Waals surface area contributed by atoms with Crippen LogP contribution in [0.1, 0.15) is 0 Å². The molecule has 1 heterocycles. The first-order valence-corrected chi connectivity index (χ1v) is 6.03. The molecule has 1 aromatic rings. The molecule has 1 N–H and O–H groups in total. The largest absolute Gasteiger partial charge is 0.395 e. The quantitative estimate of drug-likeness (QED) is 0.600. The highest BCUT2D eigenvalue weighted by molar-refractivity contribution is 9.10. The van der Waals surface area contributed by atoms with Gasteiger partial charge < -0.3 is 14.7 Å². The third-order valence-electron chi connectivity index (χ3n) is 2.30. The molecule has 0 saturated carbocycles. The maximum Gasteiger partial charge on any atom is 0.311 e. The first kappa shape index (κ1) is 14.8. The van der Waals surface area contributed by atoms with E-state index in [4.69, 9.17) is 9.84 Å². The first-order chi connectivity index (χ1) is 8.61. The van der Waals surface area contributed by atoms with Crippen molar-refractivity contribution < 1.29 is 14.8 Å². The third-order valence-corrected chi connectivity index (χ3v) is 2.88. The van der Waals surface area contributed by atoms with Crippen molar-refractivity contribution in [1.82, 2.24) is 4.98 Å². The molecule has 0 spiro atoms. The van der Waals surface area contributed by atoms with Crippen LogP contribution in [0.25, 0.3) is 0 Å². The predicted octanol–water partition coefficient (Wildman–Crippen LogP) is 1.20. The van der Waals surface area contributed by atoms with Crippen LogP contribution in [0.2, 0.25) is 0 Å². The Morgan fingerprint density at radius 1 is 1.56 bits per heavy atom. The van der Waals surface area contributed by atoms with Crippen molar-refractivity contribution in [2.45, 2.75) is 0 Å². The van der Waals surface area contributed by atoms with Gasteiger partial charge in [0.1, 0.15) is 11.9 Å². The number of aromatic nitrogens is 1. The Morgan fingerprint density at radius 3 is 2.83 bits per heavy atom. The van der Waals surface area contributed by atoms with Crippen molar-refractivity contribution in [1.29, 1.82) is 0 Å². The second kappa shape index (κ2) is 7.24. The van der Waals surface area contributed by atoms with E-state index in [1.165, 1.54) is 12.4 Å². The molecule has 0 aliphatic rings. The first-order valence-electron chi connectivity index (χ1n) is 5.24. The zero-order valence-electron chi connectivity index (χ0n) is 9.87. The highest BCUT2D eigenvalue weighted by Gasteiger charge is 2.22. The number of halogens is 1. The van der Waals surface area contributed by atoms with Gasteiger partial charge in [-0.2, -0.15) is 0 Å². The zero-order chi connectivity index (χ0) is 13.5. The number of hydrogen-bond donors (Lipinski definition) is 1. The summed E-state index contributed by atoms with van der Waals surface area (Å²) >= 11 is 3.25. The normalized spacial score (nSPS) is 10.4. The van der Waals surface area contributed by atoms with Crippen LogP contribution in [0.5, 0.6) is 0 Å². The second-order valence-corrected chi connectivity index (χ2v) is 4.30. The van der Waals surface area contributed by atoms with Gasteiger partial charge >= 0.3 is 5.69 Å². The molecule has 0 bridgehead atoms. The Balaban J connectivity index is 3.12. The van der Waals surface area contributed by atoms with Crippen molar-refractivity contribution in [3.63, 3.8) is 0 Å². The van der Waals surface area contributed by atoms with Crippen molar-refractivity contribution in [2.24, 2.45) is 0 Å². The van der Waals surface area contributed by atoms with E-state index in [9.17, 15) is 10.1 Å². The number of nitrogens with zero attached hydrogens (tertiary/aromatic N) is 3. The molecule has 100 valence electrons. The minimum atomic E-state index is -0.496. The highest BCUT2D eigenvalue weighted by Crippen LogP contribution is 2.34. The van der Waals surface area contributed by atoms with Gasteiger partial charge in [0.25, 0.3) is 0 Å². The van der Waals surface area contributed by atoms with Crippen LogP contribution in [-0.4, -0.2) is 48.4 Å². The Bertz CT molecular complexity index is 416. The fourth-order valence-corrected chi connectivity index (χ4v) is 2.09. The summed E-state index contributed by atoms with van der Waals surface area (Å²) in [5.41, 5.74) is 0.301. The van der Waals surface area contributed by atoms with Gasteiger partial charge in [0.2, 0.25) is 0 Å². The van der Waals surface area contributed by atoms with E-state index in [0.717, 1.165) is 0 Å². The number of rotatable bonds is 7. The van der Waals surface area contributed by atoms with E-state index in [1.54, 1.807) is 12.0 Å². The van der Waals surface area contributed by atoms with Gasteiger partial charge in [-0.3, -0.25) is 15.1 Å². The van der Waals surface area contributed by atoms with E-state index < -0.39 is 4.92 Å². The summed E-state index contributed by atoms with van der Waals surface area (Å²) in [5, 5.41) is 20.0. The Labute approximate surface area is 113 Å². The van der Waals surface area contributed by atoms with Gasteiger partial charge in [0.15, 0.2) is 0 Å². The SMILES string of the molecule is COCCN(CCO)c1c(Br)cncc1[N+](=O)[O-]. The minimum absolute atomic E-state index is 0.102. The van der Waals surface area contributed by atoms with Gasteiger partial charge in [-0.25, -0.2) is 0 Å². The van der Waals surface area contributed by atoms with Crippen LogP contribution in [0, 0.1) is 10.1 Å². The fourth-order valence-electron chi connectivity index (χ4n) is 1.52. The molecule has 8 heteroatoms. The summed E-state index contributed by atoms with van der Waals surface area (Å²) in [4.78, 5) is 16.0. The van der Waals surface area contributed by atoms with Gasteiger partial charge in [-0.1, -0.05) is 0 Å². The summed E-state index contributed by atoms with van der Waals surface area (Å²) in [7, 11) is 1.55.